The van der Waals surface area contributed by atoms with E-state index in [2.05, 4.69) is 42.4 Å². The highest BCUT2D eigenvalue weighted by Gasteiger charge is 2.06. The van der Waals surface area contributed by atoms with E-state index in [1.54, 1.807) is 11.3 Å². The van der Waals surface area contributed by atoms with E-state index >= 15 is 0 Å². The summed E-state index contributed by atoms with van der Waals surface area (Å²) in [5.74, 6) is 0.639. The Bertz CT molecular complexity index is 490. The van der Waals surface area contributed by atoms with Crippen LogP contribution >= 0.6 is 22.9 Å². The van der Waals surface area contributed by atoms with Gasteiger partial charge in [0.1, 0.15) is 0 Å². The summed E-state index contributed by atoms with van der Waals surface area (Å²) in [6.45, 7) is 4.23. The monoisotopic (exact) mass is 251 g/mol. The van der Waals surface area contributed by atoms with Crippen molar-refractivity contribution in [1.29, 1.82) is 0 Å². The molecule has 0 bridgehead atoms. The summed E-state index contributed by atoms with van der Waals surface area (Å²) < 4.78 is 0. The molecule has 0 amide bonds. The number of nitrogens with zero attached hydrogens (tertiary/aromatic N) is 1. The van der Waals surface area contributed by atoms with E-state index in [0.717, 1.165) is 17.1 Å². The molecule has 84 valence electrons. The van der Waals surface area contributed by atoms with E-state index in [9.17, 15) is 0 Å². The van der Waals surface area contributed by atoms with Gasteiger partial charge in [0.2, 0.25) is 0 Å². The van der Waals surface area contributed by atoms with Gasteiger partial charge in [-0.1, -0.05) is 17.7 Å². The highest BCUT2D eigenvalue weighted by atomic mass is 35.5. The number of aromatic nitrogens is 1. The molecule has 0 aliphatic heterocycles. The molecule has 0 saturated heterocycles. The molecule has 0 unspecified atom stereocenters. The maximum absolute atomic E-state index is 5.71. The van der Waals surface area contributed by atoms with Crippen molar-refractivity contribution >= 4 is 22.9 Å². The van der Waals surface area contributed by atoms with Crippen molar-refractivity contribution in [2.24, 2.45) is 0 Å². The number of hydrogen-bond acceptors (Lipinski definition) is 2. The summed E-state index contributed by atoms with van der Waals surface area (Å²) in [4.78, 5) is 4.61. The number of halogens is 1. The van der Waals surface area contributed by atoms with Gasteiger partial charge in [-0.05, 0) is 25.5 Å². The molecule has 0 aliphatic carbocycles. The molecule has 0 atom stereocenters. The number of hydrogen-bond donors (Lipinski definition) is 0. The maximum atomic E-state index is 5.71. The van der Waals surface area contributed by atoms with Crippen LogP contribution in [0, 0.1) is 13.8 Å². The van der Waals surface area contributed by atoms with Crippen LogP contribution < -0.4 is 0 Å². The molecule has 2 rings (SSSR count). The topological polar surface area (TPSA) is 12.9 Å². The number of alkyl halides is 1. The Balaban J connectivity index is 2.38. The van der Waals surface area contributed by atoms with Crippen LogP contribution in [0.25, 0.3) is 11.3 Å². The molecular formula is C13H14ClNS. The predicted molar refractivity (Wildman–Crippen MR) is 71.4 cm³/mol. The van der Waals surface area contributed by atoms with Gasteiger partial charge in [-0.15, -0.1) is 22.9 Å². The van der Waals surface area contributed by atoms with Crippen LogP contribution in [0.4, 0.5) is 0 Å². The van der Waals surface area contributed by atoms with Crippen molar-refractivity contribution in [1.82, 2.24) is 4.98 Å². The molecule has 0 saturated carbocycles. The van der Waals surface area contributed by atoms with Crippen molar-refractivity contribution in [3.63, 3.8) is 0 Å². The largest absolute Gasteiger partial charge is 0.241 e. The van der Waals surface area contributed by atoms with Gasteiger partial charge in [0.25, 0.3) is 0 Å². The third-order valence-electron chi connectivity index (χ3n) is 2.53. The first kappa shape index (κ1) is 11.6. The number of thiazole rings is 1. The van der Waals surface area contributed by atoms with E-state index in [0.29, 0.717) is 5.88 Å². The average molecular weight is 252 g/mol. The van der Waals surface area contributed by atoms with Crippen molar-refractivity contribution in [2.45, 2.75) is 20.3 Å². The minimum Gasteiger partial charge on any atom is -0.241 e. The van der Waals surface area contributed by atoms with E-state index in [-0.39, 0.29) is 0 Å². The Morgan fingerprint density at radius 1 is 1.31 bits per heavy atom. The van der Waals surface area contributed by atoms with Gasteiger partial charge in [-0.25, -0.2) is 4.98 Å². The average Bonchev–Trinajstić information content (AvgIpc) is 2.71. The van der Waals surface area contributed by atoms with Gasteiger partial charge < -0.3 is 0 Å². The molecule has 1 nitrogen and oxygen atoms in total. The Morgan fingerprint density at radius 2 is 2.12 bits per heavy atom. The smallest absolute Gasteiger partial charge is 0.0944 e. The van der Waals surface area contributed by atoms with Crippen LogP contribution in [-0.4, -0.2) is 10.9 Å². The van der Waals surface area contributed by atoms with Gasteiger partial charge in [0.05, 0.1) is 10.7 Å². The minimum atomic E-state index is 0.639. The molecular weight excluding hydrogens is 238 g/mol. The molecule has 2 aromatic rings. The standard InChI is InChI=1S/C13H14ClNS/c1-9-3-4-10(2)11(7-9)12-8-16-13(15-12)5-6-14/h3-4,7-8H,5-6H2,1-2H3. The summed E-state index contributed by atoms with van der Waals surface area (Å²) in [7, 11) is 0. The molecule has 16 heavy (non-hydrogen) atoms. The lowest BCUT2D eigenvalue weighted by Crippen LogP contribution is -1.87. The van der Waals surface area contributed by atoms with Crippen LogP contribution in [0.15, 0.2) is 23.6 Å². The van der Waals surface area contributed by atoms with E-state index in [1.807, 2.05) is 0 Å². The lowest BCUT2D eigenvalue weighted by Gasteiger charge is -2.03. The third kappa shape index (κ3) is 2.45. The second-order valence-corrected chi connectivity index (χ2v) is 5.20. The molecule has 1 aromatic carbocycles. The summed E-state index contributed by atoms with van der Waals surface area (Å²) in [6, 6.07) is 6.46. The number of aryl methyl sites for hydroxylation is 3. The zero-order valence-electron chi connectivity index (χ0n) is 9.46. The Labute approximate surface area is 105 Å². The van der Waals surface area contributed by atoms with Crippen molar-refractivity contribution in [3.05, 3.63) is 39.7 Å². The third-order valence-corrected chi connectivity index (χ3v) is 3.63. The summed E-state index contributed by atoms with van der Waals surface area (Å²) in [6.07, 6.45) is 0.858. The Hall–Kier alpha value is -0.860. The van der Waals surface area contributed by atoms with Crippen LogP contribution in [0.5, 0.6) is 0 Å². The highest BCUT2D eigenvalue weighted by molar-refractivity contribution is 7.10. The molecule has 1 aromatic heterocycles. The van der Waals surface area contributed by atoms with Gasteiger partial charge in [-0.2, -0.15) is 0 Å². The van der Waals surface area contributed by atoms with Crippen LogP contribution in [0.2, 0.25) is 0 Å². The first-order valence-corrected chi connectivity index (χ1v) is 6.70. The van der Waals surface area contributed by atoms with Crippen LogP contribution in [0.3, 0.4) is 0 Å². The molecule has 0 spiro atoms. The fraction of sp³-hybridized carbons (Fsp3) is 0.308. The number of benzene rings is 1. The molecule has 0 fully saturated rings. The second-order valence-electron chi connectivity index (χ2n) is 3.88. The Morgan fingerprint density at radius 3 is 2.88 bits per heavy atom. The first-order chi connectivity index (χ1) is 7.70. The fourth-order valence-corrected chi connectivity index (χ4v) is 2.73. The molecule has 0 radical (unpaired) electrons. The highest BCUT2D eigenvalue weighted by Crippen LogP contribution is 2.26. The quantitative estimate of drug-likeness (QED) is 0.745. The lowest BCUT2D eigenvalue weighted by atomic mass is 10.0. The van der Waals surface area contributed by atoms with E-state index in [4.69, 9.17) is 11.6 Å². The fourth-order valence-electron chi connectivity index (χ4n) is 1.64. The van der Waals surface area contributed by atoms with E-state index < -0.39 is 0 Å². The predicted octanol–water partition coefficient (Wildman–Crippen LogP) is 4.21. The van der Waals surface area contributed by atoms with Crippen molar-refractivity contribution < 1.29 is 0 Å². The second kappa shape index (κ2) is 4.98. The van der Waals surface area contributed by atoms with Gasteiger partial charge in [0.15, 0.2) is 0 Å². The molecule has 1 heterocycles. The van der Waals surface area contributed by atoms with Gasteiger partial charge in [0, 0.05) is 23.2 Å². The van der Waals surface area contributed by atoms with Crippen molar-refractivity contribution in [3.8, 4) is 11.3 Å². The summed E-state index contributed by atoms with van der Waals surface area (Å²) >= 11 is 7.40. The van der Waals surface area contributed by atoms with E-state index in [1.165, 1.54) is 16.7 Å². The first-order valence-electron chi connectivity index (χ1n) is 5.28. The summed E-state index contributed by atoms with van der Waals surface area (Å²) in [5.41, 5.74) is 4.85. The number of rotatable bonds is 3. The SMILES string of the molecule is Cc1ccc(C)c(-c2csc(CCCl)n2)c1. The normalized spacial score (nSPS) is 10.7. The molecule has 3 heteroatoms. The zero-order valence-corrected chi connectivity index (χ0v) is 11.0. The Kier molecular flexibility index (Phi) is 3.62. The zero-order chi connectivity index (χ0) is 11.5. The van der Waals surface area contributed by atoms with Crippen LogP contribution in [0.1, 0.15) is 16.1 Å². The van der Waals surface area contributed by atoms with Gasteiger partial charge in [-0.3, -0.25) is 0 Å². The lowest BCUT2D eigenvalue weighted by molar-refractivity contribution is 1.10. The van der Waals surface area contributed by atoms with Crippen LogP contribution in [-0.2, 0) is 6.42 Å². The molecule has 0 N–H and O–H groups in total. The molecule has 0 aliphatic rings. The summed E-state index contributed by atoms with van der Waals surface area (Å²) in [5, 5.41) is 3.23. The van der Waals surface area contributed by atoms with Crippen molar-refractivity contribution in [2.75, 3.05) is 5.88 Å². The maximum Gasteiger partial charge on any atom is 0.0944 e. The van der Waals surface area contributed by atoms with Gasteiger partial charge >= 0.3 is 0 Å². The minimum absolute atomic E-state index is 0.639.